The Morgan fingerprint density at radius 1 is 1.32 bits per heavy atom. The average molecular weight is 261 g/mol. The van der Waals surface area contributed by atoms with Crippen molar-refractivity contribution in [3.05, 3.63) is 40.2 Å². The van der Waals surface area contributed by atoms with Gasteiger partial charge >= 0.3 is 11.6 Å². The molecule has 1 aromatic carbocycles. The lowest BCUT2D eigenvalue weighted by molar-refractivity contribution is -0.135. The number of ether oxygens (including phenoxy) is 1. The van der Waals surface area contributed by atoms with Crippen molar-refractivity contribution in [2.24, 2.45) is 0 Å². The van der Waals surface area contributed by atoms with E-state index in [1.165, 1.54) is 6.07 Å². The number of likely N-dealkylation sites (N-methyl/N-ethyl adjacent to an activating group) is 1. The van der Waals surface area contributed by atoms with Gasteiger partial charge in [-0.25, -0.2) is 4.79 Å². The summed E-state index contributed by atoms with van der Waals surface area (Å²) in [7, 11) is 3.56. The highest BCUT2D eigenvalue weighted by Gasteiger charge is 2.08. The summed E-state index contributed by atoms with van der Waals surface area (Å²) in [6.45, 7) is 2.02. The lowest BCUT2D eigenvalue weighted by Gasteiger charge is -2.09. The van der Waals surface area contributed by atoms with Crippen molar-refractivity contribution >= 4 is 16.9 Å². The smallest absolute Gasteiger partial charge is 0.336 e. The summed E-state index contributed by atoms with van der Waals surface area (Å²) < 4.78 is 10.3. The molecular weight excluding hydrogens is 246 g/mol. The molecule has 2 aromatic rings. The highest BCUT2D eigenvalue weighted by molar-refractivity contribution is 5.82. The van der Waals surface area contributed by atoms with Crippen molar-refractivity contribution in [1.82, 2.24) is 4.90 Å². The van der Waals surface area contributed by atoms with Crippen molar-refractivity contribution in [3.63, 3.8) is 0 Å². The van der Waals surface area contributed by atoms with Crippen LogP contribution in [0.4, 0.5) is 0 Å². The molecule has 0 aliphatic carbocycles. The van der Waals surface area contributed by atoms with E-state index in [1.54, 1.807) is 37.2 Å². The summed E-state index contributed by atoms with van der Waals surface area (Å²) in [5.74, 6) is 0.00690. The van der Waals surface area contributed by atoms with Crippen LogP contribution in [0.5, 0.6) is 5.75 Å². The average Bonchev–Trinajstić information content (AvgIpc) is 2.26. The lowest BCUT2D eigenvalue weighted by atomic mass is 10.1. The maximum absolute atomic E-state index is 11.5. The molecule has 0 N–H and O–H groups in total. The number of carbonyl (C=O) groups excluding carboxylic acids is 1. The van der Waals surface area contributed by atoms with E-state index in [4.69, 9.17) is 9.15 Å². The molecule has 0 spiro atoms. The largest absolute Gasteiger partial charge is 0.425 e. The van der Waals surface area contributed by atoms with E-state index in [1.807, 2.05) is 6.92 Å². The van der Waals surface area contributed by atoms with Crippen LogP contribution in [-0.4, -0.2) is 31.5 Å². The number of carbonyl (C=O) groups is 1. The summed E-state index contributed by atoms with van der Waals surface area (Å²) in [6.07, 6.45) is 0. The maximum atomic E-state index is 11.5. The van der Waals surface area contributed by atoms with E-state index in [9.17, 15) is 9.59 Å². The van der Waals surface area contributed by atoms with Crippen LogP contribution in [0.15, 0.2) is 33.5 Å². The quantitative estimate of drug-likeness (QED) is 0.477. The fourth-order valence-electron chi connectivity index (χ4n) is 1.79. The SMILES string of the molecule is Cc1cc(=O)oc2cc(OC(=O)CN(C)C)ccc12. The zero-order valence-electron chi connectivity index (χ0n) is 11.1. The normalized spacial score (nSPS) is 10.9. The Hall–Kier alpha value is -2.14. The summed E-state index contributed by atoms with van der Waals surface area (Å²) >= 11 is 0. The molecule has 0 unspecified atom stereocenters. The zero-order valence-corrected chi connectivity index (χ0v) is 11.1. The van der Waals surface area contributed by atoms with Crippen LogP contribution in [0.25, 0.3) is 11.0 Å². The van der Waals surface area contributed by atoms with Crippen LogP contribution in [0.2, 0.25) is 0 Å². The molecule has 0 saturated carbocycles. The monoisotopic (exact) mass is 261 g/mol. The minimum Gasteiger partial charge on any atom is -0.425 e. The Morgan fingerprint density at radius 3 is 2.74 bits per heavy atom. The maximum Gasteiger partial charge on any atom is 0.336 e. The first kappa shape index (κ1) is 13.3. The van der Waals surface area contributed by atoms with Gasteiger partial charge in [0, 0.05) is 17.5 Å². The van der Waals surface area contributed by atoms with Gasteiger partial charge in [-0.2, -0.15) is 0 Å². The van der Waals surface area contributed by atoms with Crippen LogP contribution >= 0.6 is 0 Å². The molecular formula is C14H15NO4. The fourth-order valence-corrected chi connectivity index (χ4v) is 1.79. The van der Waals surface area contributed by atoms with E-state index in [-0.39, 0.29) is 12.5 Å². The third-order valence-corrected chi connectivity index (χ3v) is 2.60. The van der Waals surface area contributed by atoms with Gasteiger partial charge in [0.2, 0.25) is 0 Å². The van der Waals surface area contributed by atoms with Gasteiger partial charge in [-0.1, -0.05) is 0 Å². The summed E-state index contributed by atoms with van der Waals surface area (Å²) in [4.78, 5) is 24.6. The predicted molar refractivity (Wildman–Crippen MR) is 71.4 cm³/mol. The third-order valence-electron chi connectivity index (χ3n) is 2.60. The second-order valence-electron chi connectivity index (χ2n) is 4.62. The van der Waals surface area contributed by atoms with Crippen LogP contribution < -0.4 is 10.4 Å². The summed E-state index contributed by atoms with van der Waals surface area (Å²) in [5, 5.41) is 0.826. The third kappa shape index (κ3) is 3.20. The molecule has 0 aliphatic rings. The number of hydrogen-bond donors (Lipinski definition) is 0. The Balaban J connectivity index is 2.31. The van der Waals surface area contributed by atoms with Crippen LogP contribution in [0.3, 0.4) is 0 Å². The van der Waals surface area contributed by atoms with E-state index >= 15 is 0 Å². The molecule has 0 fully saturated rings. The number of aryl methyl sites for hydroxylation is 1. The number of benzene rings is 1. The minimum absolute atomic E-state index is 0.190. The first-order chi connectivity index (χ1) is 8.95. The fraction of sp³-hybridized carbons (Fsp3) is 0.286. The van der Waals surface area contributed by atoms with Crippen molar-refractivity contribution in [3.8, 4) is 5.75 Å². The van der Waals surface area contributed by atoms with Crippen LogP contribution in [0, 0.1) is 6.92 Å². The Bertz CT molecular complexity index is 673. The molecule has 2 rings (SSSR count). The van der Waals surface area contributed by atoms with Gasteiger partial charge in [-0.3, -0.25) is 9.69 Å². The first-order valence-corrected chi connectivity index (χ1v) is 5.85. The zero-order chi connectivity index (χ0) is 14.0. The lowest BCUT2D eigenvalue weighted by Crippen LogP contribution is -2.25. The van der Waals surface area contributed by atoms with E-state index in [0.717, 1.165) is 10.9 Å². The van der Waals surface area contributed by atoms with Gasteiger partial charge in [0.05, 0.1) is 6.54 Å². The molecule has 1 heterocycles. The van der Waals surface area contributed by atoms with Gasteiger partial charge in [-0.05, 0) is 38.7 Å². The van der Waals surface area contributed by atoms with E-state index < -0.39 is 5.63 Å². The molecule has 100 valence electrons. The topological polar surface area (TPSA) is 59.8 Å². The van der Waals surface area contributed by atoms with Gasteiger partial charge in [0.25, 0.3) is 0 Å². The Morgan fingerprint density at radius 2 is 2.05 bits per heavy atom. The molecule has 0 aliphatic heterocycles. The van der Waals surface area contributed by atoms with Crippen LogP contribution in [-0.2, 0) is 4.79 Å². The number of esters is 1. The van der Waals surface area contributed by atoms with Gasteiger partial charge in [0.15, 0.2) is 0 Å². The van der Waals surface area contributed by atoms with Gasteiger partial charge in [0.1, 0.15) is 11.3 Å². The van der Waals surface area contributed by atoms with Crippen molar-refractivity contribution in [2.45, 2.75) is 6.92 Å². The van der Waals surface area contributed by atoms with Crippen LogP contribution in [0.1, 0.15) is 5.56 Å². The minimum atomic E-state index is -0.415. The second-order valence-corrected chi connectivity index (χ2v) is 4.62. The number of fused-ring (bicyclic) bond motifs is 1. The molecule has 5 nitrogen and oxygen atoms in total. The Labute approximate surface area is 110 Å². The molecule has 0 bridgehead atoms. The van der Waals surface area contributed by atoms with Gasteiger partial charge in [-0.15, -0.1) is 0 Å². The number of nitrogens with zero attached hydrogens (tertiary/aromatic N) is 1. The molecule has 0 radical (unpaired) electrons. The predicted octanol–water partition coefficient (Wildman–Crippen LogP) is 1.57. The molecule has 0 atom stereocenters. The highest BCUT2D eigenvalue weighted by atomic mass is 16.5. The molecule has 0 amide bonds. The van der Waals surface area contributed by atoms with Gasteiger partial charge < -0.3 is 9.15 Å². The van der Waals surface area contributed by atoms with Crippen molar-refractivity contribution < 1.29 is 13.9 Å². The summed E-state index contributed by atoms with van der Waals surface area (Å²) in [5.41, 5.74) is 0.833. The molecule has 5 heteroatoms. The molecule has 0 saturated heterocycles. The highest BCUT2D eigenvalue weighted by Crippen LogP contribution is 2.22. The summed E-state index contributed by atoms with van der Waals surface area (Å²) in [6, 6.07) is 6.44. The molecule has 1 aromatic heterocycles. The Kier molecular flexibility index (Phi) is 3.66. The standard InChI is InChI=1S/C14H15NO4/c1-9-6-13(16)19-12-7-10(4-5-11(9)12)18-14(17)8-15(2)3/h4-7H,8H2,1-3H3. The number of hydrogen-bond acceptors (Lipinski definition) is 5. The van der Waals surface area contributed by atoms with E-state index in [2.05, 4.69) is 0 Å². The van der Waals surface area contributed by atoms with Crippen molar-refractivity contribution in [2.75, 3.05) is 20.6 Å². The second kappa shape index (κ2) is 5.24. The molecule has 19 heavy (non-hydrogen) atoms. The first-order valence-electron chi connectivity index (χ1n) is 5.85. The van der Waals surface area contributed by atoms with Crippen molar-refractivity contribution in [1.29, 1.82) is 0 Å². The number of rotatable bonds is 3. The van der Waals surface area contributed by atoms with E-state index in [0.29, 0.717) is 11.3 Å².